The van der Waals surface area contributed by atoms with Gasteiger partial charge in [-0.25, -0.2) is 13.1 Å². The average Bonchev–Trinajstić information content (AvgIpc) is 2.85. The largest absolute Gasteiger partial charge is 0.358 e. The monoisotopic (exact) mass is 264 g/mol. The smallest absolute Gasteiger partial charge is 0.211 e. The number of nitrogens with one attached hydrogen (secondary N) is 2. The highest BCUT2D eigenvalue weighted by Gasteiger charge is 2.27. The van der Waals surface area contributed by atoms with Gasteiger partial charge in [0.15, 0.2) is 0 Å². The lowest BCUT2D eigenvalue weighted by molar-refractivity contribution is 0.556. The number of aromatic nitrogens is 1. The molecule has 1 aromatic heterocycles. The third-order valence-corrected chi connectivity index (χ3v) is 4.98. The Kier molecular flexibility index (Phi) is 2.68. The summed E-state index contributed by atoms with van der Waals surface area (Å²) in [6.45, 7) is 1.66. The van der Waals surface area contributed by atoms with E-state index in [9.17, 15) is 8.42 Å². The van der Waals surface area contributed by atoms with Gasteiger partial charge in [-0.1, -0.05) is 18.2 Å². The summed E-state index contributed by atoms with van der Waals surface area (Å²) in [5.74, 6) is 0.137. The first-order valence-electron chi connectivity index (χ1n) is 6.17. The van der Waals surface area contributed by atoms with Crippen LogP contribution in [0.25, 0.3) is 10.9 Å². The molecule has 0 aliphatic heterocycles. The van der Waals surface area contributed by atoms with E-state index in [-0.39, 0.29) is 11.8 Å². The Morgan fingerprint density at radius 1 is 1.33 bits per heavy atom. The molecule has 3 rings (SSSR count). The Morgan fingerprint density at radius 2 is 2.11 bits per heavy atom. The van der Waals surface area contributed by atoms with Crippen LogP contribution in [0, 0.1) is 0 Å². The van der Waals surface area contributed by atoms with Crippen LogP contribution >= 0.6 is 0 Å². The maximum absolute atomic E-state index is 11.6. The first kappa shape index (κ1) is 11.7. The van der Waals surface area contributed by atoms with E-state index in [0.29, 0.717) is 0 Å². The van der Waals surface area contributed by atoms with Crippen LogP contribution in [0.15, 0.2) is 24.3 Å². The highest BCUT2D eigenvalue weighted by atomic mass is 32.2. The molecule has 0 radical (unpaired) electrons. The number of H-pyrrole nitrogens is 1. The molecule has 0 bridgehead atoms. The van der Waals surface area contributed by atoms with E-state index >= 15 is 0 Å². The van der Waals surface area contributed by atoms with Gasteiger partial charge in [-0.3, -0.25) is 0 Å². The molecule has 1 aromatic carbocycles. The van der Waals surface area contributed by atoms with E-state index in [4.69, 9.17) is 0 Å². The summed E-state index contributed by atoms with van der Waals surface area (Å²) in [7, 11) is -3.12. The number of rotatable bonds is 3. The van der Waals surface area contributed by atoms with Gasteiger partial charge >= 0.3 is 0 Å². The van der Waals surface area contributed by atoms with Crippen molar-refractivity contribution in [2.75, 3.05) is 5.75 Å². The van der Waals surface area contributed by atoms with Gasteiger partial charge in [-0.15, -0.1) is 0 Å². The fourth-order valence-electron chi connectivity index (χ4n) is 2.65. The second-order valence-electron chi connectivity index (χ2n) is 4.75. The molecule has 0 amide bonds. The minimum absolute atomic E-state index is 0.000746. The van der Waals surface area contributed by atoms with Crippen LogP contribution in [0.5, 0.6) is 0 Å². The highest BCUT2D eigenvalue weighted by molar-refractivity contribution is 7.89. The van der Waals surface area contributed by atoms with Crippen LogP contribution in [-0.4, -0.2) is 25.2 Å². The van der Waals surface area contributed by atoms with Crippen molar-refractivity contribution in [1.29, 1.82) is 0 Å². The van der Waals surface area contributed by atoms with Crippen molar-refractivity contribution in [2.45, 2.75) is 25.8 Å². The van der Waals surface area contributed by atoms with Crippen LogP contribution in [0.3, 0.4) is 0 Å². The predicted molar refractivity (Wildman–Crippen MR) is 72.1 cm³/mol. The molecule has 0 saturated heterocycles. The Labute approximate surface area is 106 Å². The van der Waals surface area contributed by atoms with Gasteiger partial charge in [0, 0.05) is 29.1 Å². The van der Waals surface area contributed by atoms with E-state index < -0.39 is 10.0 Å². The van der Waals surface area contributed by atoms with E-state index in [0.717, 1.165) is 18.4 Å². The fourth-order valence-corrected chi connectivity index (χ4v) is 3.49. The molecule has 4 nitrogen and oxygen atoms in total. The second kappa shape index (κ2) is 4.10. The molecular weight excluding hydrogens is 248 g/mol. The summed E-state index contributed by atoms with van der Waals surface area (Å²) in [5, 5.41) is 1.21. The van der Waals surface area contributed by atoms with Crippen LogP contribution in [0.1, 0.15) is 18.2 Å². The zero-order valence-corrected chi connectivity index (χ0v) is 11.0. The third kappa shape index (κ3) is 1.93. The second-order valence-corrected chi connectivity index (χ2v) is 6.80. The molecule has 2 N–H and O–H groups in total. The summed E-state index contributed by atoms with van der Waals surface area (Å²) >= 11 is 0. The lowest BCUT2D eigenvalue weighted by Gasteiger charge is -2.11. The van der Waals surface area contributed by atoms with E-state index in [1.54, 1.807) is 6.92 Å². The third-order valence-electron chi connectivity index (χ3n) is 3.53. The molecule has 1 heterocycles. The van der Waals surface area contributed by atoms with Gasteiger partial charge in [-0.2, -0.15) is 0 Å². The molecule has 2 aromatic rings. The van der Waals surface area contributed by atoms with Gasteiger partial charge in [0.2, 0.25) is 10.0 Å². The van der Waals surface area contributed by atoms with Crippen LogP contribution < -0.4 is 4.72 Å². The first-order valence-corrected chi connectivity index (χ1v) is 7.83. The molecule has 5 heteroatoms. The Morgan fingerprint density at radius 3 is 2.89 bits per heavy atom. The zero-order chi connectivity index (χ0) is 12.8. The standard InChI is InChI=1S/C13H16N2O2S/c1-2-18(16,17)15-9-7-11-10-5-3-4-6-12(10)14-13(11)8-9/h3-6,9,14-15H,2,7-8H2,1H3. The van der Waals surface area contributed by atoms with Gasteiger partial charge in [-0.05, 0) is 25.0 Å². The molecule has 1 atom stereocenters. The fraction of sp³-hybridized carbons (Fsp3) is 0.385. The number of benzene rings is 1. The van der Waals surface area contributed by atoms with Crippen molar-refractivity contribution in [2.24, 2.45) is 0 Å². The van der Waals surface area contributed by atoms with E-state index in [2.05, 4.69) is 21.8 Å². The first-order chi connectivity index (χ1) is 8.59. The Bertz CT molecular complexity index is 688. The summed E-state index contributed by atoms with van der Waals surface area (Å²) in [5.41, 5.74) is 3.56. The number of fused-ring (bicyclic) bond motifs is 3. The summed E-state index contributed by atoms with van der Waals surface area (Å²) in [4.78, 5) is 3.37. The normalized spacial score (nSPS) is 19.3. The highest BCUT2D eigenvalue weighted by Crippen LogP contribution is 2.30. The minimum atomic E-state index is -3.12. The van der Waals surface area contributed by atoms with Crippen LogP contribution in [-0.2, 0) is 22.9 Å². The van der Waals surface area contributed by atoms with Gasteiger partial charge in [0.25, 0.3) is 0 Å². The Hall–Kier alpha value is -1.33. The number of para-hydroxylation sites is 1. The topological polar surface area (TPSA) is 62.0 Å². The molecule has 1 aliphatic rings. The Balaban J connectivity index is 1.88. The molecule has 1 aliphatic carbocycles. The van der Waals surface area contributed by atoms with Gasteiger partial charge in [0.1, 0.15) is 0 Å². The maximum atomic E-state index is 11.6. The van der Waals surface area contributed by atoms with Crippen molar-refractivity contribution in [3.05, 3.63) is 35.5 Å². The molecule has 1 unspecified atom stereocenters. The molecular formula is C13H16N2O2S. The van der Waals surface area contributed by atoms with Gasteiger partial charge < -0.3 is 4.98 Å². The quantitative estimate of drug-likeness (QED) is 0.884. The van der Waals surface area contributed by atoms with E-state index in [1.807, 2.05) is 12.1 Å². The molecule has 0 spiro atoms. The van der Waals surface area contributed by atoms with Crippen molar-refractivity contribution in [1.82, 2.24) is 9.71 Å². The predicted octanol–water partition coefficient (Wildman–Crippen LogP) is 1.57. The molecule has 18 heavy (non-hydrogen) atoms. The summed E-state index contributed by atoms with van der Waals surface area (Å²) in [6.07, 6.45) is 1.53. The van der Waals surface area contributed by atoms with Crippen molar-refractivity contribution in [3.63, 3.8) is 0 Å². The maximum Gasteiger partial charge on any atom is 0.211 e. The number of hydrogen-bond donors (Lipinski definition) is 2. The zero-order valence-electron chi connectivity index (χ0n) is 10.2. The van der Waals surface area contributed by atoms with E-state index in [1.165, 1.54) is 16.6 Å². The average molecular weight is 264 g/mol. The lowest BCUT2D eigenvalue weighted by atomic mass is 10.1. The minimum Gasteiger partial charge on any atom is -0.358 e. The van der Waals surface area contributed by atoms with Crippen molar-refractivity contribution in [3.8, 4) is 0 Å². The van der Waals surface area contributed by atoms with Crippen LogP contribution in [0.2, 0.25) is 0 Å². The molecule has 0 saturated carbocycles. The number of hydrogen-bond acceptors (Lipinski definition) is 2. The number of aromatic amines is 1. The number of sulfonamides is 1. The SMILES string of the molecule is CCS(=O)(=O)NC1Cc2[nH]c3ccccc3c2C1. The molecule has 0 fully saturated rings. The van der Waals surface area contributed by atoms with Gasteiger partial charge in [0.05, 0.1) is 5.75 Å². The summed E-state index contributed by atoms with van der Waals surface area (Å²) in [6, 6.07) is 8.16. The van der Waals surface area contributed by atoms with Crippen LogP contribution in [0.4, 0.5) is 0 Å². The van der Waals surface area contributed by atoms with Crippen molar-refractivity contribution < 1.29 is 8.42 Å². The molecule has 96 valence electrons. The van der Waals surface area contributed by atoms with Crippen molar-refractivity contribution >= 4 is 20.9 Å². The summed E-state index contributed by atoms with van der Waals surface area (Å²) < 4.78 is 25.9. The lowest BCUT2D eigenvalue weighted by Crippen LogP contribution is -2.36.